The van der Waals surface area contributed by atoms with Gasteiger partial charge in [0.15, 0.2) is 11.5 Å². The van der Waals surface area contributed by atoms with Crippen molar-refractivity contribution in [1.29, 1.82) is 0 Å². The summed E-state index contributed by atoms with van der Waals surface area (Å²) in [5, 5.41) is 17.1. The number of carbonyl (C=O) groups is 1. The van der Waals surface area contributed by atoms with Crippen molar-refractivity contribution in [2.75, 3.05) is 44.0 Å². The molecule has 0 unspecified atom stereocenters. The second-order valence-electron chi connectivity index (χ2n) is 9.31. The Morgan fingerprint density at radius 1 is 1.03 bits per heavy atom. The van der Waals surface area contributed by atoms with Crippen LogP contribution in [0.1, 0.15) is 29.6 Å². The molecule has 3 heterocycles. The molecule has 2 aromatic heterocycles. The average molecular weight is 530 g/mol. The van der Waals surface area contributed by atoms with Gasteiger partial charge in [0.05, 0.1) is 30.7 Å². The number of nitrogens with one attached hydrogen (secondary N) is 2. The number of aliphatic hydroxyl groups is 1. The number of β-amino-alcohol motifs (C(OH)–C–C–N with tert-alkyl or cyclic N) is 1. The number of likely N-dealkylation sites (tertiary alicyclic amines) is 1. The van der Waals surface area contributed by atoms with Gasteiger partial charge in [-0.1, -0.05) is 24.6 Å². The van der Waals surface area contributed by atoms with E-state index in [1.54, 1.807) is 55.9 Å². The minimum absolute atomic E-state index is 0.152. The molecule has 0 radical (unpaired) electrons. The lowest BCUT2D eigenvalue weighted by atomic mass is 10.1. The Balaban J connectivity index is 1.26. The number of piperidine rings is 1. The van der Waals surface area contributed by atoms with E-state index in [1.807, 2.05) is 6.07 Å². The Hall–Kier alpha value is -4.35. The van der Waals surface area contributed by atoms with Gasteiger partial charge in [-0.2, -0.15) is 0 Å². The van der Waals surface area contributed by atoms with Gasteiger partial charge in [-0.25, -0.2) is 19.9 Å². The lowest BCUT2D eigenvalue weighted by Gasteiger charge is -2.28. The maximum absolute atomic E-state index is 12.3. The number of amides is 1. The maximum Gasteiger partial charge on any atom is 0.258 e. The molecule has 1 aliphatic heterocycles. The Morgan fingerprint density at radius 3 is 2.54 bits per heavy atom. The fourth-order valence-corrected chi connectivity index (χ4v) is 4.47. The summed E-state index contributed by atoms with van der Waals surface area (Å²) in [5.74, 6) is 1.42. The van der Waals surface area contributed by atoms with E-state index in [2.05, 4.69) is 35.5 Å². The number of nitrogens with zero attached hydrogens (tertiary/aromatic N) is 5. The zero-order valence-corrected chi connectivity index (χ0v) is 21.7. The van der Waals surface area contributed by atoms with Crippen molar-refractivity contribution in [3.05, 3.63) is 66.7 Å². The van der Waals surface area contributed by atoms with Crippen molar-refractivity contribution in [2.24, 2.45) is 0 Å². The Bertz CT molecular complexity index is 1400. The highest BCUT2D eigenvalue weighted by Gasteiger charge is 2.17. The van der Waals surface area contributed by atoms with E-state index in [-0.39, 0.29) is 18.5 Å². The van der Waals surface area contributed by atoms with E-state index in [4.69, 9.17) is 9.47 Å². The van der Waals surface area contributed by atoms with Gasteiger partial charge in [0, 0.05) is 23.6 Å². The zero-order chi connectivity index (χ0) is 27.0. The van der Waals surface area contributed by atoms with Gasteiger partial charge in [0.25, 0.3) is 5.91 Å². The highest BCUT2D eigenvalue weighted by Crippen LogP contribution is 2.34. The predicted molar refractivity (Wildman–Crippen MR) is 148 cm³/mol. The molecule has 3 N–H and O–H groups in total. The van der Waals surface area contributed by atoms with Crippen LogP contribution in [0.2, 0.25) is 0 Å². The molecule has 11 heteroatoms. The second kappa shape index (κ2) is 12.5. The highest BCUT2D eigenvalue weighted by atomic mass is 16.5. The molecule has 202 valence electrons. The highest BCUT2D eigenvalue weighted by molar-refractivity contribution is 6.03. The normalized spacial score (nSPS) is 14.5. The van der Waals surface area contributed by atoms with Crippen molar-refractivity contribution < 1.29 is 19.4 Å². The van der Waals surface area contributed by atoms with Crippen molar-refractivity contribution >= 4 is 34.3 Å². The number of fused-ring (bicyclic) bond motifs is 1. The third kappa shape index (κ3) is 6.75. The summed E-state index contributed by atoms with van der Waals surface area (Å²) in [4.78, 5) is 31.8. The number of aromatic nitrogens is 4. The molecular formula is C28H31N7O4. The fourth-order valence-electron chi connectivity index (χ4n) is 4.47. The summed E-state index contributed by atoms with van der Waals surface area (Å²) >= 11 is 0. The number of carbonyl (C=O) groups excluding carboxylic acids is 1. The molecule has 0 bridgehead atoms. The molecule has 1 amide bonds. The van der Waals surface area contributed by atoms with Crippen molar-refractivity contribution in [3.63, 3.8) is 0 Å². The van der Waals surface area contributed by atoms with Gasteiger partial charge in [-0.05, 0) is 44.1 Å². The topological polar surface area (TPSA) is 135 Å². The van der Waals surface area contributed by atoms with Gasteiger partial charge in [0.1, 0.15) is 24.9 Å². The number of benzene rings is 2. The first-order valence-electron chi connectivity index (χ1n) is 12.9. The molecule has 1 atom stereocenters. The Morgan fingerprint density at radius 2 is 1.79 bits per heavy atom. The van der Waals surface area contributed by atoms with E-state index < -0.39 is 6.10 Å². The minimum Gasteiger partial charge on any atom is -0.493 e. The lowest BCUT2D eigenvalue weighted by Crippen LogP contribution is -2.38. The molecule has 0 saturated carbocycles. The van der Waals surface area contributed by atoms with Crippen LogP contribution in [0.5, 0.6) is 11.5 Å². The fraction of sp³-hybridized carbons (Fsp3) is 0.321. The monoisotopic (exact) mass is 529 g/mol. The third-order valence-corrected chi connectivity index (χ3v) is 6.45. The first-order valence-corrected chi connectivity index (χ1v) is 12.9. The van der Waals surface area contributed by atoms with Crippen molar-refractivity contribution in [3.8, 4) is 11.5 Å². The average Bonchev–Trinajstić information content (AvgIpc) is 2.97. The van der Waals surface area contributed by atoms with Crippen LogP contribution in [0.15, 0.2) is 61.2 Å². The molecule has 39 heavy (non-hydrogen) atoms. The van der Waals surface area contributed by atoms with Gasteiger partial charge in [-0.3, -0.25) is 10.1 Å². The number of rotatable bonds is 10. The lowest BCUT2D eigenvalue weighted by molar-refractivity contribution is 0.0609. The molecule has 11 nitrogen and oxygen atoms in total. The smallest absolute Gasteiger partial charge is 0.258 e. The molecular weight excluding hydrogens is 498 g/mol. The van der Waals surface area contributed by atoms with Gasteiger partial charge in [-0.15, -0.1) is 0 Å². The van der Waals surface area contributed by atoms with Crippen LogP contribution in [0, 0.1) is 0 Å². The summed E-state index contributed by atoms with van der Waals surface area (Å²) in [6, 6.07) is 12.4. The Kier molecular flexibility index (Phi) is 8.39. The first-order chi connectivity index (χ1) is 19.1. The van der Waals surface area contributed by atoms with Gasteiger partial charge in [0.2, 0.25) is 5.95 Å². The van der Waals surface area contributed by atoms with Crippen LogP contribution >= 0.6 is 0 Å². The van der Waals surface area contributed by atoms with Crippen molar-refractivity contribution in [1.82, 2.24) is 24.8 Å². The summed E-state index contributed by atoms with van der Waals surface area (Å²) in [6.07, 6.45) is 7.54. The van der Waals surface area contributed by atoms with E-state index in [9.17, 15) is 9.90 Å². The van der Waals surface area contributed by atoms with Crippen LogP contribution in [0.25, 0.3) is 10.9 Å². The van der Waals surface area contributed by atoms with Gasteiger partial charge >= 0.3 is 0 Å². The molecule has 5 rings (SSSR count). The second-order valence-corrected chi connectivity index (χ2v) is 9.31. The Labute approximate surface area is 226 Å². The van der Waals surface area contributed by atoms with Crippen LogP contribution in [0.3, 0.4) is 0 Å². The number of anilines is 3. The van der Waals surface area contributed by atoms with Crippen LogP contribution in [-0.2, 0) is 0 Å². The molecule has 0 spiro atoms. The van der Waals surface area contributed by atoms with Crippen LogP contribution in [-0.4, -0.2) is 75.3 Å². The van der Waals surface area contributed by atoms with Gasteiger partial charge < -0.3 is 24.8 Å². The number of ether oxygens (including phenoxy) is 2. The molecule has 1 fully saturated rings. The summed E-state index contributed by atoms with van der Waals surface area (Å²) in [7, 11) is 1.56. The van der Waals surface area contributed by atoms with Crippen molar-refractivity contribution in [2.45, 2.75) is 25.4 Å². The molecule has 1 aliphatic rings. The molecule has 0 aliphatic carbocycles. The zero-order valence-electron chi connectivity index (χ0n) is 21.7. The van der Waals surface area contributed by atoms with E-state index in [1.165, 1.54) is 25.6 Å². The van der Waals surface area contributed by atoms with E-state index >= 15 is 0 Å². The maximum atomic E-state index is 12.3. The number of hydrogen-bond acceptors (Lipinski definition) is 10. The predicted octanol–water partition coefficient (Wildman–Crippen LogP) is 3.65. The van der Waals surface area contributed by atoms with E-state index in [0.29, 0.717) is 46.0 Å². The third-order valence-electron chi connectivity index (χ3n) is 6.45. The minimum atomic E-state index is -0.605. The summed E-state index contributed by atoms with van der Waals surface area (Å²) < 4.78 is 11.5. The standard InChI is InChI=1S/C28H31N7O4/c1-38-24-12-22-23(13-25(24)39-17-21(36)16-35-10-6-3-7-11-35)31-18-32-26(22)33-20-14-29-28(30-15-20)34-27(37)19-8-4-2-5-9-19/h2,4-5,8-9,12-15,18,21,36H,3,6-7,10-11,16-17H2,1H3,(H,31,32,33)(H,29,30,34,37)/t21-/m1/s1. The summed E-state index contributed by atoms with van der Waals surface area (Å²) in [5.41, 5.74) is 1.74. The first kappa shape index (κ1) is 26.3. The quantitative estimate of drug-likeness (QED) is 0.279. The number of hydrogen-bond donors (Lipinski definition) is 3. The molecule has 1 saturated heterocycles. The van der Waals surface area contributed by atoms with Crippen LogP contribution < -0.4 is 20.1 Å². The number of methoxy groups -OCH3 is 1. The molecule has 4 aromatic rings. The van der Waals surface area contributed by atoms with E-state index in [0.717, 1.165) is 13.1 Å². The summed E-state index contributed by atoms with van der Waals surface area (Å²) in [6.45, 7) is 2.76. The SMILES string of the molecule is COc1cc2c(Nc3cnc(NC(=O)c4ccccc4)nc3)ncnc2cc1OC[C@H](O)CN1CCCCC1. The number of aliphatic hydroxyl groups excluding tert-OH is 1. The van der Waals surface area contributed by atoms with Crippen LogP contribution in [0.4, 0.5) is 17.5 Å². The largest absolute Gasteiger partial charge is 0.493 e. The molecule has 2 aromatic carbocycles.